The van der Waals surface area contributed by atoms with Gasteiger partial charge in [-0.05, 0) is 55.7 Å². The fourth-order valence-corrected chi connectivity index (χ4v) is 3.63. The van der Waals surface area contributed by atoms with Crippen LogP contribution in [-0.2, 0) is 19.4 Å². The van der Waals surface area contributed by atoms with Crippen LogP contribution in [0.1, 0.15) is 43.4 Å². The fourth-order valence-electron chi connectivity index (χ4n) is 3.63. The van der Waals surface area contributed by atoms with Crippen molar-refractivity contribution in [2.75, 3.05) is 13.7 Å². The lowest BCUT2D eigenvalue weighted by molar-refractivity contribution is 0.283. The number of benzene rings is 1. The second kappa shape index (κ2) is 15.2. The Balaban J connectivity index is 1.91. The third kappa shape index (κ3) is 8.77. The number of ether oxygens (including phenoxy) is 1. The molecule has 0 fully saturated rings. The van der Waals surface area contributed by atoms with Gasteiger partial charge in [0.15, 0.2) is 5.82 Å². The van der Waals surface area contributed by atoms with Gasteiger partial charge in [-0.15, -0.1) is 0 Å². The molecule has 9 heteroatoms. The monoisotopic (exact) mass is 520 g/mol. The summed E-state index contributed by atoms with van der Waals surface area (Å²) in [6, 6.07) is 14.1. The van der Waals surface area contributed by atoms with Gasteiger partial charge in [-0.2, -0.15) is 4.98 Å². The van der Waals surface area contributed by atoms with Crippen molar-refractivity contribution in [3.63, 3.8) is 0 Å². The van der Waals surface area contributed by atoms with Crippen LogP contribution in [0.15, 0.2) is 88.1 Å². The summed E-state index contributed by atoms with van der Waals surface area (Å²) in [6.45, 7) is 1.89. The Morgan fingerprint density at radius 3 is 2.68 bits per heavy atom. The predicted octanol–water partition coefficient (Wildman–Crippen LogP) is 5.15. The van der Waals surface area contributed by atoms with Gasteiger partial charge in [0.05, 0.1) is 7.11 Å². The molecule has 8 nitrogen and oxygen atoms in total. The highest BCUT2D eigenvalue weighted by Gasteiger charge is 2.09. The molecule has 2 aromatic heterocycles. The van der Waals surface area contributed by atoms with Gasteiger partial charge < -0.3 is 14.4 Å². The van der Waals surface area contributed by atoms with Gasteiger partial charge in [0.2, 0.25) is 0 Å². The van der Waals surface area contributed by atoms with Crippen LogP contribution in [0.4, 0.5) is 4.39 Å². The first-order valence-electron chi connectivity index (χ1n) is 12.5. The van der Waals surface area contributed by atoms with Crippen molar-refractivity contribution < 1.29 is 18.8 Å². The molecule has 0 aliphatic heterocycles. The van der Waals surface area contributed by atoms with Gasteiger partial charge in [0.1, 0.15) is 17.4 Å². The van der Waals surface area contributed by atoms with Crippen molar-refractivity contribution in [1.82, 2.24) is 19.7 Å². The fraction of sp³-hybridized carbons (Fsp3) is 0.310. The van der Waals surface area contributed by atoms with E-state index >= 15 is 0 Å². The van der Waals surface area contributed by atoms with Gasteiger partial charge in [0, 0.05) is 43.8 Å². The molecule has 0 aliphatic rings. The van der Waals surface area contributed by atoms with Gasteiger partial charge in [-0.1, -0.05) is 41.9 Å². The lowest BCUT2D eigenvalue weighted by Gasteiger charge is -2.07. The van der Waals surface area contributed by atoms with E-state index in [0.29, 0.717) is 42.4 Å². The maximum atomic E-state index is 13.5. The van der Waals surface area contributed by atoms with E-state index in [2.05, 4.69) is 15.1 Å². The highest BCUT2D eigenvalue weighted by Crippen LogP contribution is 2.18. The Bertz CT molecular complexity index is 1350. The molecule has 0 atom stereocenters. The molecular weight excluding hydrogens is 487 g/mol. The van der Waals surface area contributed by atoms with E-state index in [1.807, 2.05) is 24.3 Å². The third-order valence-electron chi connectivity index (χ3n) is 5.71. The molecule has 0 unspecified atom stereocenters. The summed E-state index contributed by atoms with van der Waals surface area (Å²) >= 11 is 0. The van der Waals surface area contributed by atoms with Crippen LogP contribution in [0.5, 0.6) is 5.75 Å². The first-order valence-corrected chi connectivity index (χ1v) is 12.5. The number of methoxy groups -OCH3 is 1. The van der Waals surface area contributed by atoms with Crippen molar-refractivity contribution in [2.24, 2.45) is 0 Å². The highest BCUT2D eigenvalue weighted by molar-refractivity contribution is 5.50. The first kappa shape index (κ1) is 28.5. The van der Waals surface area contributed by atoms with E-state index in [-0.39, 0.29) is 24.5 Å². The number of halogens is 1. The maximum Gasteiger partial charge on any atom is 0.257 e. The number of unbranched alkanes of at least 4 members (excludes halogenated alkanes) is 2. The minimum Gasteiger partial charge on any atom is -0.497 e. The average molecular weight is 521 g/mol. The lowest BCUT2D eigenvalue weighted by atomic mass is 10.1. The Morgan fingerprint density at radius 2 is 1.95 bits per heavy atom. The second-order valence-electron chi connectivity index (χ2n) is 8.44. The van der Waals surface area contributed by atoms with Crippen molar-refractivity contribution >= 4 is 0 Å². The van der Waals surface area contributed by atoms with Crippen LogP contribution in [0.3, 0.4) is 0 Å². The second-order valence-corrected chi connectivity index (χ2v) is 8.44. The number of hydrogen-bond donors (Lipinski definition) is 1. The zero-order chi connectivity index (χ0) is 27.2. The molecule has 38 heavy (non-hydrogen) atoms. The van der Waals surface area contributed by atoms with Crippen LogP contribution in [-0.4, -0.2) is 38.5 Å². The Kier molecular flexibility index (Phi) is 11.4. The molecule has 200 valence electrons. The van der Waals surface area contributed by atoms with E-state index in [1.54, 1.807) is 44.5 Å². The number of aliphatic hydroxyl groups excluding tert-OH is 1. The zero-order valence-corrected chi connectivity index (χ0v) is 21.7. The largest absolute Gasteiger partial charge is 0.497 e. The topological polar surface area (TPSA) is 103 Å². The average Bonchev–Trinajstić information content (AvgIpc) is 3.40. The molecule has 0 saturated heterocycles. The number of allylic oxidation sites excluding steroid dienone is 4. The van der Waals surface area contributed by atoms with E-state index in [0.717, 1.165) is 24.2 Å². The summed E-state index contributed by atoms with van der Waals surface area (Å²) in [5.41, 5.74) is 1.33. The Labute approximate surface area is 221 Å². The maximum absolute atomic E-state index is 13.5. The van der Waals surface area contributed by atoms with Crippen molar-refractivity contribution in [3.05, 3.63) is 106 Å². The highest BCUT2D eigenvalue weighted by atomic mass is 19.1. The van der Waals surface area contributed by atoms with E-state index < -0.39 is 0 Å². The van der Waals surface area contributed by atoms with Crippen LogP contribution < -0.4 is 10.3 Å². The van der Waals surface area contributed by atoms with Crippen LogP contribution in [0.2, 0.25) is 0 Å². The van der Waals surface area contributed by atoms with E-state index in [4.69, 9.17) is 14.4 Å². The Hall–Kier alpha value is -4.11. The smallest absolute Gasteiger partial charge is 0.257 e. The number of aliphatic hydroxyl groups is 1. The molecule has 0 amide bonds. The van der Waals surface area contributed by atoms with Crippen molar-refractivity contribution in [1.29, 1.82) is 0 Å². The normalized spacial score (nSPS) is 11.5. The molecule has 0 aliphatic carbocycles. The number of nitrogens with zero attached hydrogens (tertiary/aromatic N) is 4. The van der Waals surface area contributed by atoms with Gasteiger partial charge >= 0.3 is 0 Å². The molecule has 3 aromatic rings. The van der Waals surface area contributed by atoms with Gasteiger partial charge in [0.25, 0.3) is 11.4 Å². The third-order valence-corrected chi connectivity index (χ3v) is 5.71. The van der Waals surface area contributed by atoms with E-state index in [9.17, 15) is 9.18 Å². The van der Waals surface area contributed by atoms with Crippen molar-refractivity contribution in [2.45, 2.75) is 45.6 Å². The van der Waals surface area contributed by atoms with Crippen LogP contribution >= 0.6 is 0 Å². The van der Waals surface area contributed by atoms with Crippen LogP contribution in [0, 0.1) is 0 Å². The summed E-state index contributed by atoms with van der Waals surface area (Å²) in [4.78, 5) is 22.1. The summed E-state index contributed by atoms with van der Waals surface area (Å²) < 4.78 is 25.7. The minimum atomic E-state index is -0.381. The molecule has 0 spiro atoms. The Morgan fingerprint density at radius 1 is 1.13 bits per heavy atom. The summed E-state index contributed by atoms with van der Waals surface area (Å²) in [5.74, 6) is 1.77. The first-order chi connectivity index (χ1) is 18.5. The molecule has 2 heterocycles. The zero-order valence-electron chi connectivity index (χ0n) is 21.7. The van der Waals surface area contributed by atoms with Crippen molar-refractivity contribution in [3.8, 4) is 17.2 Å². The molecule has 0 radical (unpaired) electrons. The number of hydrogen-bond acceptors (Lipinski definition) is 7. The quantitative estimate of drug-likeness (QED) is 0.260. The number of aromatic nitrogens is 4. The van der Waals surface area contributed by atoms with Gasteiger partial charge in [-0.3, -0.25) is 9.36 Å². The lowest BCUT2D eigenvalue weighted by Crippen LogP contribution is -2.21. The molecule has 1 N–H and O–H groups in total. The predicted molar refractivity (Wildman–Crippen MR) is 144 cm³/mol. The number of rotatable bonds is 12. The summed E-state index contributed by atoms with van der Waals surface area (Å²) in [6.07, 6.45) is 9.08. The standard InChI is InChI=1S/C29H33FN4O4/c1-3-24(30)10-8-19-34-27(11-5-4-6-20-35)31-18-17-23(9-7-12-28(34)36)29-32-26(33-38-29)21-22-13-15-25(37-2)16-14-22/h3,7-10,12-18,35H,4-6,11,19-21H2,1-2H3/b10-8-,12-7?,18-17?,23-9?,24-3+,31-27?. The summed E-state index contributed by atoms with van der Waals surface area (Å²) in [7, 11) is 1.62. The number of aryl methyl sites for hydroxylation is 1. The van der Waals surface area contributed by atoms with Gasteiger partial charge in [-0.25, -0.2) is 9.37 Å². The molecule has 3 rings (SSSR count). The van der Waals surface area contributed by atoms with Crippen LogP contribution in [0.25, 0.3) is 11.5 Å². The SMILES string of the molecule is C/C=C(F)\C=C/Cn1c(CCCCCO)nccc(-c2nc(Cc3ccc(OC)cc3)no2)cccc1=O. The molecular formula is C29H33FN4O4. The molecule has 1 aromatic carbocycles. The van der Waals surface area contributed by atoms with E-state index in [1.165, 1.54) is 22.8 Å². The minimum absolute atomic E-state index is 0.113. The molecule has 0 saturated carbocycles. The summed E-state index contributed by atoms with van der Waals surface area (Å²) in [5, 5.41) is 13.2. The molecule has 0 bridgehead atoms.